The van der Waals surface area contributed by atoms with Crippen molar-refractivity contribution < 1.29 is 52.7 Å². The lowest BCUT2D eigenvalue weighted by molar-refractivity contribution is -0.137. The molecule has 5 heterocycles. The molecular formula is C115H71F12N9. The van der Waals surface area contributed by atoms with Gasteiger partial charge in [-0.2, -0.15) is 52.7 Å². The highest BCUT2D eigenvalue weighted by Crippen LogP contribution is 2.57. The van der Waals surface area contributed by atoms with E-state index in [4.69, 9.17) is 29.9 Å². The smallest absolute Gasteiger partial charge is 0.309 e. The Morgan fingerprint density at radius 3 is 0.860 bits per heavy atom. The maximum Gasteiger partial charge on any atom is 0.417 e. The van der Waals surface area contributed by atoms with Crippen LogP contribution in [0.3, 0.4) is 0 Å². The second kappa shape index (κ2) is 32.9. The maximum atomic E-state index is 15.6. The maximum absolute atomic E-state index is 15.6. The van der Waals surface area contributed by atoms with E-state index in [0.717, 1.165) is 95.6 Å². The van der Waals surface area contributed by atoms with Gasteiger partial charge in [0.2, 0.25) is 0 Å². The minimum Gasteiger partial charge on any atom is -0.309 e. The number of benzene rings is 17. The highest BCUT2D eigenvalue weighted by molar-refractivity contribution is 6.27. The van der Waals surface area contributed by atoms with Gasteiger partial charge in [0.05, 0.1) is 66.7 Å². The van der Waals surface area contributed by atoms with Gasteiger partial charge in [0.1, 0.15) is 0 Å². The van der Waals surface area contributed by atoms with Gasteiger partial charge in [0.15, 0.2) is 34.9 Å². The van der Waals surface area contributed by atoms with Crippen LogP contribution in [0.15, 0.2) is 394 Å². The number of para-hydroxylation sites is 4. The fraction of sp³-hybridized carbons (Fsp3) is 0.0609. The summed E-state index contributed by atoms with van der Waals surface area (Å²) in [5.74, 6) is 1.19. The molecule has 0 radical (unpaired) electrons. The van der Waals surface area contributed by atoms with Crippen LogP contribution in [-0.4, -0.2) is 43.6 Å². The summed E-state index contributed by atoms with van der Waals surface area (Å²) in [5.41, 5.74) is 7.14. The fourth-order valence-electron chi connectivity index (χ4n) is 19.7. The van der Waals surface area contributed by atoms with Gasteiger partial charge in [-0.25, -0.2) is 29.9 Å². The molecule has 0 bridgehead atoms. The standard InChI is InChI=1S/C59H35F6N5.C56H36F6N4/c60-58(61,62)47-28-14-10-24-40(47)45-34-38(57-67-55(36-18-4-1-5-19-36)66-56(68-57)37-20-6-2-7-21-37)35-46(41-25-11-15-29-48(41)59(63,64)65)53(45)70-50-31-17-13-27-44(50)52-51(70)33-32-43-42-26-12-16-30-49(42)69(54(43)52)39-22-8-3-9-23-39;1-54(2)43-25-13-9-21-36(43)39-29-30-47-48(49(39)54)40-24-12-16-28-46(40)66(47)50-41(37-22-10-14-26-44(37)55(57,58)59)31-35(32-42(50)38-23-11-15-27-45(38)56(60,61)62)53-64-51(33-17-5-3-6-18-33)63-52(65-53)34-19-7-4-8-20-34/h1-35H;3-32H,1-2H3. The van der Waals surface area contributed by atoms with Crippen LogP contribution in [0, 0.1) is 0 Å². The van der Waals surface area contributed by atoms with Gasteiger partial charge < -0.3 is 13.7 Å². The van der Waals surface area contributed by atoms with E-state index in [1.807, 2.05) is 270 Å². The predicted octanol–water partition coefficient (Wildman–Crippen LogP) is 32.1. The summed E-state index contributed by atoms with van der Waals surface area (Å²) < 4.78 is 192. The molecule has 21 heteroatoms. The monoisotopic (exact) mass is 1810 g/mol. The van der Waals surface area contributed by atoms with E-state index in [-0.39, 0.29) is 102 Å². The molecule has 0 atom stereocenters. The molecule has 0 N–H and O–H groups in total. The molecule has 23 rings (SSSR count). The Morgan fingerprint density at radius 1 is 0.213 bits per heavy atom. The minimum absolute atomic E-state index is 0.00619. The second-order valence-corrected chi connectivity index (χ2v) is 33.9. The molecule has 0 spiro atoms. The average molecular weight is 1810 g/mol. The summed E-state index contributed by atoms with van der Waals surface area (Å²) in [5, 5.41) is 5.07. The molecule has 0 aliphatic heterocycles. The molecule has 0 amide bonds. The Balaban J connectivity index is 0.000000158. The molecular weight excluding hydrogens is 1740 g/mol. The van der Waals surface area contributed by atoms with Crippen molar-refractivity contribution in [3.8, 4) is 141 Å². The molecule has 0 saturated heterocycles. The van der Waals surface area contributed by atoms with E-state index in [1.54, 1.807) is 24.3 Å². The summed E-state index contributed by atoms with van der Waals surface area (Å²) in [6.45, 7) is 4.30. The van der Waals surface area contributed by atoms with E-state index in [9.17, 15) is 0 Å². The minimum atomic E-state index is -4.87. The summed E-state index contributed by atoms with van der Waals surface area (Å²) in [6, 6.07) is 113. The Labute approximate surface area is 769 Å². The summed E-state index contributed by atoms with van der Waals surface area (Å²) in [6.07, 6.45) is -19.4. The third kappa shape index (κ3) is 14.6. The fourth-order valence-corrected chi connectivity index (χ4v) is 19.7. The van der Waals surface area contributed by atoms with Crippen LogP contribution in [0.25, 0.3) is 206 Å². The van der Waals surface area contributed by atoms with Crippen molar-refractivity contribution >= 4 is 65.4 Å². The van der Waals surface area contributed by atoms with Gasteiger partial charge in [-0.1, -0.05) is 317 Å². The van der Waals surface area contributed by atoms with Crippen LogP contribution in [0.5, 0.6) is 0 Å². The first-order valence-electron chi connectivity index (χ1n) is 43.8. The third-order valence-electron chi connectivity index (χ3n) is 25.5. The van der Waals surface area contributed by atoms with Crippen molar-refractivity contribution in [3.05, 3.63) is 428 Å². The molecule has 5 aromatic heterocycles. The molecule has 1 aliphatic rings. The highest BCUT2D eigenvalue weighted by Gasteiger charge is 2.43. The topological polar surface area (TPSA) is 92.1 Å². The molecule has 0 saturated carbocycles. The van der Waals surface area contributed by atoms with Crippen LogP contribution >= 0.6 is 0 Å². The largest absolute Gasteiger partial charge is 0.417 e. The number of aromatic nitrogens is 9. The van der Waals surface area contributed by atoms with Crippen molar-refractivity contribution in [2.24, 2.45) is 0 Å². The Kier molecular flexibility index (Phi) is 20.6. The summed E-state index contributed by atoms with van der Waals surface area (Å²) in [7, 11) is 0. The quantitative estimate of drug-likeness (QED) is 0.107. The third-order valence-corrected chi connectivity index (χ3v) is 25.5. The average Bonchev–Trinajstić information content (AvgIpc) is 1.53. The molecule has 136 heavy (non-hydrogen) atoms. The van der Waals surface area contributed by atoms with E-state index in [1.165, 1.54) is 72.8 Å². The van der Waals surface area contributed by atoms with Crippen molar-refractivity contribution in [1.29, 1.82) is 0 Å². The van der Waals surface area contributed by atoms with Crippen LogP contribution in [0.4, 0.5) is 52.7 Å². The molecule has 1 aliphatic carbocycles. The first-order valence-corrected chi connectivity index (χ1v) is 43.8. The molecule has 17 aromatic carbocycles. The molecule has 0 fully saturated rings. The number of halogens is 12. The second-order valence-electron chi connectivity index (χ2n) is 33.9. The van der Waals surface area contributed by atoms with Crippen molar-refractivity contribution in [2.45, 2.75) is 44.0 Å². The zero-order valence-electron chi connectivity index (χ0n) is 72.1. The zero-order valence-corrected chi connectivity index (χ0v) is 72.1. The molecule has 22 aromatic rings. The lowest BCUT2D eigenvalue weighted by atomic mass is 9.80. The van der Waals surface area contributed by atoms with Crippen LogP contribution in [-0.2, 0) is 30.1 Å². The SMILES string of the molecule is CC1(C)c2ccccc2-c2ccc3c(c21)c1ccccc1n3-c1c(-c2ccccc2C(F)(F)F)cc(-c2nc(-c3ccccc3)nc(-c3ccccc3)n2)cc1-c1ccccc1C(F)(F)F.FC(F)(F)c1ccccc1-c1cc(-c2nc(-c3ccccc3)nc(-c3ccccc3)n2)cc(-c2ccccc2C(F)(F)F)c1-n1c2ccccc2c2c1ccc1c3ccccc3n(-c3ccccc3)c12. The summed E-state index contributed by atoms with van der Waals surface area (Å²) in [4.78, 5) is 29.3. The number of alkyl halides is 12. The number of nitrogens with zero attached hydrogens (tertiary/aromatic N) is 9. The lowest BCUT2D eigenvalue weighted by Crippen LogP contribution is -2.15. The number of fused-ring (bicyclic) bond motifs is 14. The van der Waals surface area contributed by atoms with Gasteiger partial charge >= 0.3 is 24.7 Å². The van der Waals surface area contributed by atoms with E-state index in [2.05, 4.69) is 30.5 Å². The Morgan fingerprint density at radius 2 is 0.493 bits per heavy atom. The van der Waals surface area contributed by atoms with Crippen LogP contribution in [0.1, 0.15) is 47.2 Å². The summed E-state index contributed by atoms with van der Waals surface area (Å²) >= 11 is 0. The number of hydrogen-bond acceptors (Lipinski definition) is 6. The number of rotatable bonds is 13. The molecule has 9 nitrogen and oxygen atoms in total. The normalized spacial score (nSPS) is 12.7. The Bertz CT molecular complexity index is 8220. The first kappa shape index (κ1) is 84.8. The van der Waals surface area contributed by atoms with E-state index < -0.39 is 52.4 Å². The zero-order chi connectivity index (χ0) is 93.3. The van der Waals surface area contributed by atoms with Crippen LogP contribution < -0.4 is 0 Å². The number of hydrogen-bond donors (Lipinski definition) is 0. The van der Waals surface area contributed by atoms with Gasteiger partial charge in [-0.05, 0) is 136 Å². The van der Waals surface area contributed by atoms with Gasteiger partial charge in [-0.15, -0.1) is 0 Å². The first-order chi connectivity index (χ1) is 65.8. The Hall–Kier alpha value is -16.7. The lowest BCUT2D eigenvalue weighted by Gasteiger charge is -2.25. The van der Waals surface area contributed by atoms with Gasteiger partial charge in [0.25, 0.3) is 0 Å². The van der Waals surface area contributed by atoms with Crippen LogP contribution in [0.2, 0.25) is 0 Å². The van der Waals surface area contributed by atoms with Gasteiger partial charge in [-0.3, -0.25) is 0 Å². The molecule has 660 valence electrons. The van der Waals surface area contributed by atoms with Gasteiger partial charge in [0, 0.05) is 99.1 Å². The van der Waals surface area contributed by atoms with E-state index >= 15 is 52.7 Å². The van der Waals surface area contributed by atoms with E-state index in [0.29, 0.717) is 44.3 Å². The highest BCUT2D eigenvalue weighted by atomic mass is 19.4. The van der Waals surface area contributed by atoms with Crippen molar-refractivity contribution in [2.75, 3.05) is 0 Å². The van der Waals surface area contributed by atoms with Crippen molar-refractivity contribution in [3.63, 3.8) is 0 Å². The molecule has 0 unspecified atom stereocenters. The predicted molar refractivity (Wildman–Crippen MR) is 515 cm³/mol. The van der Waals surface area contributed by atoms with Crippen molar-refractivity contribution in [1.82, 2.24) is 43.6 Å².